The lowest BCUT2D eigenvalue weighted by Crippen LogP contribution is -1.89. The summed E-state index contributed by atoms with van der Waals surface area (Å²) in [5.41, 5.74) is 0. The average Bonchev–Trinajstić information content (AvgIpc) is 1.79. The fourth-order valence-corrected chi connectivity index (χ4v) is 2.80. The van der Waals surface area contributed by atoms with E-state index < -0.39 is 0 Å². The van der Waals surface area contributed by atoms with Crippen molar-refractivity contribution in [3.8, 4) is 0 Å². The van der Waals surface area contributed by atoms with Crippen molar-refractivity contribution in [2.75, 3.05) is 5.75 Å². The first-order chi connectivity index (χ1) is 4.63. The van der Waals surface area contributed by atoms with Crippen LogP contribution >= 0.6 is 21.6 Å². The monoisotopic (exact) mass is 178 g/mol. The average molecular weight is 178 g/mol. The second-order valence-corrected chi connectivity index (χ2v) is 6.21. The highest BCUT2D eigenvalue weighted by molar-refractivity contribution is 8.76. The topological polar surface area (TPSA) is 0 Å². The van der Waals surface area contributed by atoms with E-state index in [-0.39, 0.29) is 0 Å². The van der Waals surface area contributed by atoms with Crippen LogP contribution in [0.15, 0.2) is 0 Å². The van der Waals surface area contributed by atoms with Crippen LogP contribution < -0.4 is 0 Å². The molecule has 0 aliphatic rings. The molecule has 0 aliphatic heterocycles. The quantitative estimate of drug-likeness (QED) is 0.463. The van der Waals surface area contributed by atoms with E-state index in [1.807, 2.05) is 21.6 Å². The van der Waals surface area contributed by atoms with Crippen LogP contribution in [-0.2, 0) is 0 Å². The molecule has 0 spiro atoms. The van der Waals surface area contributed by atoms with Gasteiger partial charge in [-0.1, -0.05) is 49.3 Å². The molecule has 0 nitrogen and oxygen atoms in total. The molecule has 0 N–H and O–H groups in total. The standard InChI is InChI=1S/C8H18S2/c1-7(2)5-6-9-10-8(3)4/h7-8H,5-6H2,1-4H3. The van der Waals surface area contributed by atoms with E-state index in [0.29, 0.717) is 0 Å². The highest BCUT2D eigenvalue weighted by Crippen LogP contribution is 2.27. The largest absolute Gasteiger partial charge is 0.0939 e. The van der Waals surface area contributed by atoms with Gasteiger partial charge in [-0.25, -0.2) is 0 Å². The summed E-state index contributed by atoms with van der Waals surface area (Å²) in [4.78, 5) is 0. The van der Waals surface area contributed by atoms with Gasteiger partial charge in [0.1, 0.15) is 0 Å². The Kier molecular flexibility index (Phi) is 6.86. The zero-order valence-electron chi connectivity index (χ0n) is 7.39. The van der Waals surface area contributed by atoms with Gasteiger partial charge in [0, 0.05) is 11.0 Å². The minimum atomic E-state index is 0.775. The molecule has 0 heterocycles. The Balaban J connectivity index is 2.91. The van der Waals surface area contributed by atoms with Crippen molar-refractivity contribution in [1.29, 1.82) is 0 Å². The Morgan fingerprint density at radius 3 is 2.10 bits per heavy atom. The van der Waals surface area contributed by atoms with Gasteiger partial charge in [0.25, 0.3) is 0 Å². The van der Waals surface area contributed by atoms with Gasteiger partial charge in [-0.2, -0.15) is 0 Å². The van der Waals surface area contributed by atoms with E-state index in [0.717, 1.165) is 11.2 Å². The van der Waals surface area contributed by atoms with Crippen LogP contribution in [0.1, 0.15) is 34.1 Å². The Labute approximate surface area is 72.9 Å². The molecule has 10 heavy (non-hydrogen) atoms. The van der Waals surface area contributed by atoms with E-state index in [1.165, 1.54) is 12.2 Å². The summed E-state index contributed by atoms with van der Waals surface area (Å²) in [5, 5.41) is 0.775. The molecule has 0 fully saturated rings. The molecule has 0 bridgehead atoms. The highest BCUT2D eigenvalue weighted by atomic mass is 33.1. The molecule has 0 saturated heterocycles. The molecular weight excluding hydrogens is 160 g/mol. The zero-order chi connectivity index (χ0) is 7.98. The first-order valence-corrected chi connectivity index (χ1v) is 6.29. The molecule has 0 unspecified atom stereocenters. The third kappa shape index (κ3) is 8.70. The number of hydrogen-bond acceptors (Lipinski definition) is 2. The van der Waals surface area contributed by atoms with Gasteiger partial charge in [0.2, 0.25) is 0 Å². The van der Waals surface area contributed by atoms with Crippen molar-refractivity contribution < 1.29 is 0 Å². The molecule has 0 aliphatic carbocycles. The third-order valence-electron chi connectivity index (χ3n) is 1.04. The van der Waals surface area contributed by atoms with Crippen LogP contribution in [0, 0.1) is 5.92 Å². The minimum absolute atomic E-state index is 0.775. The van der Waals surface area contributed by atoms with Crippen LogP contribution in [0.3, 0.4) is 0 Å². The zero-order valence-corrected chi connectivity index (χ0v) is 9.02. The van der Waals surface area contributed by atoms with Crippen LogP contribution in [0.4, 0.5) is 0 Å². The van der Waals surface area contributed by atoms with Crippen LogP contribution in [0.25, 0.3) is 0 Å². The van der Waals surface area contributed by atoms with Crippen molar-refractivity contribution in [1.82, 2.24) is 0 Å². The molecule has 0 atom stereocenters. The summed E-state index contributed by atoms with van der Waals surface area (Å²) < 4.78 is 0. The van der Waals surface area contributed by atoms with E-state index in [4.69, 9.17) is 0 Å². The lowest BCUT2D eigenvalue weighted by molar-refractivity contribution is 0.633. The van der Waals surface area contributed by atoms with Crippen molar-refractivity contribution in [2.24, 2.45) is 5.92 Å². The molecule has 2 heteroatoms. The summed E-state index contributed by atoms with van der Waals surface area (Å²) in [6, 6.07) is 0. The summed E-state index contributed by atoms with van der Waals surface area (Å²) in [6.45, 7) is 9.04. The van der Waals surface area contributed by atoms with Gasteiger partial charge in [0.15, 0.2) is 0 Å². The third-order valence-corrected chi connectivity index (χ3v) is 4.03. The fourth-order valence-electron chi connectivity index (χ4n) is 0.468. The van der Waals surface area contributed by atoms with Gasteiger partial charge in [-0.05, 0) is 12.3 Å². The Morgan fingerprint density at radius 1 is 1.10 bits per heavy atom. The van der Waals surface area contributed by atoms with Crippen molar-refractivity contribution in [2.45, 2.75) is 39.4 Å². The number of rotatable bonds is 5. The predicted octanol–water partition coefficient (Wildman–Crippen LogP) is 3.82. The Bertz CT molecular complexity index is 59.7. The molecule has 62 valence electrons. The molecule has 0 saturated carbocycles. The molecule has 0 amide bonds. The lowest BCUT2D eigenvalue weighted by atomic mass is 10.2. The lowest BCUT2D eigenvalue weighted by Gasteiger charge is -2.04. The van der Waals surface area contributed by atoms with E-state index in [1.54, 1.807) is 0 Å². The van der Waals surface area contributed by atoms with Gasteiger partial charge >= 0.3 is 0 Å². The molecule has 0 rings (SSSR count). The minimum Gasteiger partial charge on any atom is -0.0939 e. The summed E-state index contributed by atoms with van der Waals surface area (Å²) >= 11 is 0. The maximum atomic E-state index is 2.28. The Morgan fingerprint density at radius 2 is 1.70 bits per heavy atom. The first-order valence-electron chi connectivity index (χ1n) is 3.91. The second-order valence-electron chi connectivity index (χ2n) is 3.15. The number of hydrogen-bond donors (Lipinski definition) is 0. The molecule has 0 aromatic carbocycles. The van der Waals surface area contributed by atoms with E-state index >= 15 is 0 Å². The molecular formula is C8H18S2. The SMILES string of the molecule is CC(C)CCSSC(C)C. The first kappa shape index (κ1) is 10.7. The van der Waals surface area contributed by atoms with Crippen molar-refractivity contribution in [3.63, 3.8) is 0 Å². The van der Waals surface area contributed by atoms with Crippen molar-refractivity contribution in [3.05, 3.63) is 0 Å². The maximum Gasteiger partial charge on any atom is 0.00944 e. The summed E-state index contributed by atoms with van der Waals surface area (Å²) in [7, 11) is 4.00. The Hall–Kier alpha value is 0.700. The molecule has 0 aromatic heterocycles. The van der Waals surface area contributed by atoms with Crippen LogP contribution in [-0.4, -0.2) is 11.0 Å². The van der Waals surface area contributed by atoms with Crippen LogP contribution in [0.5, 0.6) is 0 Å². The molecule has 0 radical (unpaired) electrons. The van der Waals surface area contributed by atoms with Gasteiger partial charge in [0.05, 0.1) is 0 Å². The summed E-state index contributed by atoms with van der Waals surface area (Å²) in [5.74, 6) is 2.17. The van der Waals surface area contributed by atoms with Crippen molar-refractivity contribution >= 4 is 21.6 Å². The second kappa shape index (κ2) is 6.41. The summed E-state index contributed by atoms with van der Waals surface area (Å²) in [6.07, 6.45) is 1.35. The predicted molar refractivity (Wildman–Crippen MR) is 54.6 cm³/mol. The van der Waals surface area contributed by atoms with E-state index in [9.17, 15) is 0 Å². The van der Waals surface area contributed by atoms with E-state index in [2.05, 4.69) is 27.7 Å². The molecule has 0 aromatic rings. The van der Waals surface area contributed by atoms with Gasteiger partial charge in [-0.3, -0.25) is 0 Å². The van der Waals surface area contributed by atoms with Gasteiger partial charge < -0.3 is 0 Å². The van der Waals surface area contributed by atoms with Gasteiger partial charge in [-0.15, -0.1) is 0 Å². The normalized spacial score (nSPS) is 11.4. The van der Waals surface area contributed by atoms with Crippen LogP contribution in [0.2, 0.25) is 0 Å². The highest BCUT2D eigenvalue weighted by Gasteiger charge is 1.96. The fraction of sp³-hybridized carbons (Fsp3) is 1.00. The smallest absolute Gasteiger partial charge is 0.00944 e. The maximum absolute atomic E-state index is 2.28.